The highest BCUT2D eigenvalue weighted by atomic mass is 19.4. The third-order valence-corrected chi connectivity index (χ3v) is 6.67. The normalized spacial score (nSPS) is 22.8. The number of nitrogen functional groups attached to an aromatic ring is 1. The largest absolute Gasteiger partial charge is 0.401 e. The number of hydrogen-bond acceptors (Lipinski definition) is 4. The number of aromatic nitrogens is 1. The first-order valence-corrected chi connectivity index (χ1v) is 11.7. The SMILES string of the molecule is FC(F)(F)CN1CC2CC2C1.Nc1ncc(-c2ccccc2)cc1C(=O)NC1CCCCC1. The van der Waals surface area contributed by atoms with Gasteiger partial charge in [0.05, 0.1) is 12.1 Å². The number of pyridine rings is 1. The summed E-state index contributed by atoms with van der Waals surface area (Å²) in [5.41, 5.74) is 8.30. The molecule has 178 valence electrons. The van der Waals surface area contributed by atoms with Crippen LogP contribution in [0.5, 0.6) is 0 Å². The zero-order valence-corrected chi connectivity index (χ0v) is 18.7. The third kappa shape index (κ3) is 6.69. The van der Waals surface area contributed by atoms with Crippen LogP contribution < -0.4 is 11.1 Å². The number of alkyl halides is 3. The van der Waals surface area contributed by atoms with Crippen molar-refractivity contribution in [1.82, 2.24) is 15.2 Å². The number of hydrogen-bond donors (Lipinski definition) is 2. The molecule has 3 aliphatic rings. The van der Waals surface area contributed by atoms with E-state index in [1.807, 2.05) is 36.4 Å². The average Bonchev–Trinajstić information content (AvgIpc) is 3.40. The van der Waals surface area contributed by atoms with Gasteiger partial charge in [0.25, 0.3) is 5.91 Å². The quantitative estimate of drug-likeness (QED) is 0.681. The number of piperidine rings is 1. The lowest BCUT2D eigenvalue weighted by molar-refractivity contribution is -0.144. The first-order chi connectivity index (χ1) is 15.8. The maximum atomic E-state index is 12.5. The Morgan fingerprint density at radius 1 is 1.06 bits per heavy atom. The molecule has 0 bridgehead atoms. The van der Waals surface area contributed by atoms with Crippen molar-refractivity contribution in [2.75, 3.05) is 25.4 Å². The Kier molecular flexibility index (Phi) is 7.22. The molecule has 1 saturated heterocycles. The van der Waals surface area contributed by atoms with Crippen LogP contribution in [0.2, 0.25) is 0 Å². The fraction of sp³-hybridized carbons (Fsp3) is 0.520. The topological polar surface area (TPSA) is 71.2 Å². The van der Waals surface area contributed by atoms with Gasteiger partial charge in [-0.2, -0.15) is 13.2 Å². The molecule has 2 heterocycles. The lowest BCUT2D eigenvalue weighted by Gasteiger charge is -2.23. The molecule has 1 aromatic carbocycles. The number of amides is 1. The summed E-state index contributed by atoms with van der Waals surface area (Å²) in [5, 5.41) is 3.10. The summed E-state index contributed by atoms with van der Waals surface area (Å²) in [5.74, 6) is 1.36. The maximum absolute atomic E-state index is 12.5. The lowest BCUT2D eigenvalue weighted by atomic mass is 9.95. The van der Waals surface area contributed by atoms with E-state index in [9.17, 15) is 18.0 Å². The van der Waals surface area contributed by atoms with Crippen LogP contribution in [-0.4, -0.2) is 47.6 Å². The van der Waals surface area contributed by atoms with E-state index in [-0.39, 0.29) is 17.8 Å². The second-order valence-electron chi connectivity index (χ2n) is 9.40. The molecule has 2 saturated carbocycles. The van der Waals surface area contributed by atoms with E-state index in [1.165, 1.54) is 24.2 Å². The highest BCUT2D eigenvalue weighted by Crippen LogP contribution is 2.45. The van der Waals surface area contributed by atoms with Gasteiger partial charge in [-0.15, -0.1) is 0 Å². The number of nitrogens with one attached hydrogen (secondary N) is 1. The predicted molar refractivity (Wildman–Crippen MR) is 123 cm³/mol. The minimum atomic E-state index is -4.00. The van der Waals surface area contributed by atoms with Crippen molar-refractivity contribution in [2.45, 2.75) is 50.7 Å². The summed E-state index contributed by atoms with van der Waals surface area (Å²) in [6.07, 6.45) is 4.60. The molecule has 2 aromatic rings. The van der Waals surface area contributed by atoms with E-state index in [4.69, 9.17) is 5.73 Å². The predicted octanol–water partition coefficient (Wildman–Crippen LogP) is 4.89. The van der Waals surface area contributed by atoms with Gasteiger partial charge in [-0.25, -0.2) is 4.98 Å². The van der Waals surface area contributed by atoms with Crippen LogP contribution in [0.25, 0.3) is 11.1 Å². The summed E-state index contributed by atoms with van der Waals surface area (Å²) in [4.78, 5) is 18.2. The van der Waals surface area contributed by atoms with Crippen molar-refractivity contribution in [3.05, 3.63) is 48.2 Å². The van der Waals surface area contributed by atoms with Crippen LogP contribution >= 0.6 is 0 Å². The smallest absolute Gasteiger partial charge is 0.383 e. The summed E-state index contributed by atoms with van der Waals surface area (Å²) in [7, 11) is 0. The Morgan fingerprint density at radius 3 is 2.36 bits per heavy atom. The molecule has 33 heavy (non-hydrogen) atoms. The van der Waals surface area contributed by atoms with Gasteiger partial charge in [0.15, 0.2) is 0 Å². The molecule has 8 heteroatoms. The second kappa shape index (κ2) is 10.1. The van der Waals surface area contributed by atoms with Crippen LogP contribution in [0.1, 0.15) is 48.9 Å². The standard InChI is InChI=1S/C18H21N3O.C7H10F3N/c19-17-16(18(22)21-15-9-5-2-6-10-15)11-14(12-20-17)13-7-3-1-4-8-13;8-7(9,10)4-11-2-5-1-6(5)3-11/h1,3-4,7-8,11-12,15H,2,5-6,9-10H2,(H2,19,20)(H,21,22);5-6H,1-4H2. The molecule has 2 aliphatic carbocycles. The number of nitrogens with zero attached hydrogens (tertiary/aromatic N) is 2. The van der Waals surface area contributed by atoms with E-state index in [2.05, 4.69) is 10.3 Å². The van der Waals surface area contributed by atoms with Crippen LogP contribution in [0.15, 0.2) is 42.6 Å². The zero-order valence-electron chi connectivity index (χ0n) is 18.7. The average molecular weight is 461 g/mol. The Balaban J connectivity index is 0.000000196. The van der Waals surface area contributed by atoms with Gasteiger partial charge in [0.1, 0.15) is 5.82 Å². The van der Waals surface area contributed by atoms with Crippen LogP contribution in [0, 0.1) is 11.8 Å². The molecule has 1 aromatic heterocycles. The molecule has 5 nitrogen and oxygen atoms in total. The van der Waals surface area contributed by atoms with Crippen LogP contribution in [0.3, 0.4) is 0 Å². The minimum absolute atomic E-state index is 0.116. The Hall–Kier alpha value is -2.61. The van der Waals surface area contributed by atoms with E-state index in [0.29, 0.717) is 30.5 Å². The first-order valence-electron chi connectivity index (χ1n) is 11.7. The van der Waals surface area contributed by atoms with Gasteiger partial charge in [-0.3, -0.25) is 9.69 Å². The number of anilines is 1. The van der Waals surface area contributed by atoms with Gasteiger partial charge < -0.3 is 11.1 Å². The Morgan fingerprint density at radius 2 is 1.73 bits per heavy atom. The molecule has 3 N–H and O–H groups in total. The second-order valence-corrected chi connectivity index (χ2v) is 9.40. The maximum Gasteiger partial charge on any atom is 0.401 e. The number of benzene rings is 1. The van der Waals surface area contributed by atoms with Crippen molar-refractivity contribution in [2.24, 2.45) is 11.8 Å². The van der Waals surface area contributed by atoms with Crippen molar-refractivity contribution >= 4 is 11.7 Å². The molecule has 0 radical (unpaired) electrons. The number of nitrogens with two attached hydrogens (primary N) is 1. The molecule has 1 aliphatic heterocycles. The van der Waals surface area contributed by atoms with Crippen molar-refractivity contribution in [1.29, 1.82) is 0 Å². The highest BCUT2D eigenvalue weighted by Gasteiger charge is 2.47. The first kappa shape index (κ1) is 23.5. The fourth-order valence-electron chi connectivity index (χ4n) is 4.83. The number of carbonyl (C=O) groups excluding carboxylic acids is 1. The van der Waals surface area contributed by atoms with Gasteiger partial charge in [-0.1, -0.05) is 49.6 Å². The van der Waals surface area contributed by atoms with Crippen LogP contribution in [-0.2, 0) is 0 Å². The molecule has 0 spiro atoms. The fourth-order valence-corrected chi connectivity index (χ4v) is 4.83. The van der Waals surface area contributed by atoms with Gasteiger partial charge >= 0.3 is 6.18 Å². The third-order valence-electron chi connectivity index (χ3n) is 6.67. The van der Waals surface area contributed by atoms with Crippen molar-refractivity contribution in [3.8, 4) is 11.1 Å². The summed E-state index contributed by atoms with van der Waals surface area (Å²) >= 11 is 0. The summed E-state index contributed by atoms with van der Waals surface area (Å²) in [6, 6.07) is 12.0. The van der Waals surface area contributed by atoms with Crippen molar-refractivity contribution in [3.63, 3.8) is 0 Å². The van der Waals surface area contributed by atoms with Gasteiger partial charge in [0.2, 0.25) is 0 Å². The van der Waals surface area contributed by atoms with Crippen LogP contribution in [0.4, 0.5) is 19.0 Å². The zero-order chi connectivity index (χ0) is 23.4. The molecule has 2 atom stereocenters. The summed E-state index contributed by atoms with van der Waals surface area (Å²) < 4.78 is 35.4. The number of carbonyl (C=O) groups is 1. The van der Waals surface area contributed by atoms with Gasteiger partial charge in [-0.05, 0) is 42.7 Å². The van der Waals surface area contributed by atoms with E-state index in [1.54, 1.807) is 6.20 Å². The minimum Gasteiger partial charge on any atom is -0.383 e. The Bertz CT molecular complexity index is 934. The van der Waals surface area contributed by atoms with E-state index < -0.39 is 12.7 Å². The number of likely N-dealkylation sites (tertiary alicyclic amines) is 1. The molecule has 5 rings (SSSR count). The van der Waals surface area contributed by atoms with E-state index in [0.717, 1.165) is 30.4 Å². The molecule has 1 amide bonds. The molecular weight excluding hydrogens is 429 g/mol. The number of rotatable bonds is 4. The number of fused-ring (bicyclic) bond motifs is 1. The number of halogens is 3. The molecular formula is C25H31F3N4O. The monoisotopic (exact) mass is 460 g/mol. The molecule has 3 fully saturated rings. The lowest BCUT2D eigenvalue weighted by Crippen LogP contribution is -2.36. The highest BCUT2D eigenvalue weighted by molar-refractivity contribution is 5.99. The van der Waals surface area contributed by atoms with Crippen molar-refractivity contribution < 1.29 is 18.0 Å². The Labute approximate surface area is 192 Å². The van der Waals surface area contributed by atoms with E-state index >= 15 is 0 Å². The van der Waals surface area contributed by atoms with Gasteiger partial charge in [0, 0.05) is 30.9 Å². The summed E-state index contributed by atoms with van der Waals surface area (Å²) in [6.45, 7) is 0.633. The molecule has 2 unspecified atom stereocenters.